The van der Waals surface area contributed by atoms with Gasteiger partial charge in [0.1, 0.15) is 12.4 Å². The van der Waals surface area contributed by atoms with Crippen molar-refractivity contribution in [3.05, 3.63) is 53.6 Å². The van der Waals surface area contributed by atoms with Crippen molar-refractivity contribution in [1.82, 2.24) is 0 Å². The van der Waals surface area contributed by atoms with Crippen LogP contribution in [0, 0.1) is 6.92 Å². The van der Waals surface area contributed by atoms with Crippen molar-refractivity contribution >= 4 is 23.2 Å². The number of hydrogen-bond donors (Lipinski definition) is 3. The van der Waals surface area contributed by atoms with E-state index in [1.807, 2.05) is 49.4 Å². The fraction of sp³-hybridized carbons (Fsp3) is 0.263. The minimum absolute atomic E-state index is 0.0621. The van der Waals surface area contributed by atoms with Gasteiger partial charge in [0.05, 0.1) is 6.54 Å². The summed E-state index contributed by atoms with van der Waals surface area (Å²) in [6.45, 7) is 2.92. The first-order chi connectivity index (χ1) is 12.1. The van der Waals surface area contributed by atoms with Crippen molar-refractivity contribution in [3.63, 3.8) is 0 Å². The Kier molecular flexibility index (Phi) is 5.18. The van der Waals surface area contributed by atoms with Gasteiger partial charge in [-0.25, -0.2) is 4.99 Å². The van der Waals surface area contributed by atoms with Gasteiger partial charge in [-0.1, -0.05) is 17.7 Å². The highest BCUT2D eigenvalue weighted by Gasteiger charge is 2.14. The molecular formula is C19H22N4O2. The van der Waals surface area contributed by atoms with Gasteiger partial charge in [0.2, 0.25) is 5.91 Å². The van der Waals surface area contributed by atoms with Crippen LogP contribution in [0.25, 0.3) is 0 Å². The molecule has 0 saturated heterocycles. The molecule has 130 valence electrons. The van der Waals surface area contributed by atoms with E-state index in [1.54, 1.807) is 0 Å². The summed E-state index contributed by atoms with van der Waals surface area (Å²) in [7, 11) is 0. The summed E-state index contributed by atoms with van der Waals surface area (Å²) in [5, 5.41) is 5.90. The first-order valence-electron chi connectivity index (χ1n) is 8.29. The maximum absolute atomic E-state index is 11.4. The summed E-state index contributed by atoms with van der Waals surface area (Å²) in [6, 6.07) is 13.6. The Balaban J connectivity index is 1.47. The normalized spacial score (nSPS) is 13.8. The smallest absolute Gasteiger partial charge is 0.224 e. The third-order valence-corrected chi connectivity index (χ3v) is 3.94. The van der Waals surface area contributed by atoms with Gasteiger partial charge in [0.15, 0.2) is 5.96 Å². The van der Waals surface area contributed by atoms with E-state index in [9.17, 15) is 4.79 Å². The van der Waals surface area contributed by atoms with Crippen LogP contribution >= 0.6 is 0 Å². The molecule has 0 fully saturated rings. The van der Waals surface area contributed by atoms with Crippen LogP contribution in [0.1, 0.15) is 17.5 Å². The Bertz CT molecular complexity index is 785. The number of aryl methyl sites for hydroxylation is 2. The number of nitrogens with zero attached hydrogens (tertiary/aromatic N) is 1. The van der Waals surface area contributed by atoms with E-state index in [0.717, 1.165) is 29.1 Å². The average Bonchev–Trinajstić information content (AvgIpc) is 2.61. The first kappa shape index (κ1) is 16.8. The number of aliphatic imine (C=N–C) groups is 1. The van der Waals surface area contributed by atoms with Gasteiger partial charge in [0.25, 0.3) is 0 Å². The van der Waals surface area contributed by atoms with E-state index in [-0.39, 0.29) is 5.91 Å². The lowest BCUT2D eigenvalue weighted by atomic mass is 10.0. The van der Waals surface area contributed by atoms with Crippen molar-refractivity contribution in [2.75, 3.05) is 23.8 Å². The van der Waals surface area contributed by atoms with Crippen LogP contribution in [0.3, 0.4) is 0 Å². The SMILES string of the molecule is Cc1ccc(NC(N)=NCCOc2ccc3c(c2)CCC(=O)N3)cc1. The molecule has 3 rings (SSSR count). The predicted octanol–water partition coefficient (Wildman–Crippen LogP) is 2.69. The minimum atomic E-state index is 0.0621. The molecule has 0 saturated carbocycles. The summed E-state index contributed by atoms with van der Waals surface area (Å²) in [5.41, 5.74) is 9.94. The maximum Gasteiger partial charge on any atom is 0.224 e. The first-order valence-corrected chi connectivity index (χ1v) is 8.29. The second-order valence-corrected chi connectivity index (χ2v) is 5.97. The Labute approximate surface area is 147 Å². The standard InChI is InChI=1S/C19H22N4O2/c1-13-2-5-15(6-3-13)22-19(20)21-10-11-25-16-7-8-17-14(12-16)4-9-18(24)23-17/h2-3,5-8,12H,4,9-11H2,1H3,(H,23,24)(H3,20,21,22). The molecule has 4 N–H and O–H groups in total. The summed E-state index contributed by atoms with van der Waals surface area (Å²) in [5.74, 6) is 1.20. The van der Waals surface area contributed by atoms with Gasteiger partial charge < -0.3 is 21.1 Å². The van der Waals surface area contributed by atoms with Crippen molar-refractivity contribution in [2.24, 2.45) is 10.7 Å². The number of anilines is 2. The molecule has 1 aliphatic heterocycles. The zero-order chi connectivity index (χ0) is 17.6. The fourth-order valence-corrected chi connectivity index (χ4v) is 2.60. The molecule has 1 aliphatic rings. The van der Waals surface area contributed by atoms with Gasteiger partial charge in [0, 0.05) is 17.8 Å². The predicted molar refractivity (Wildman–Crippen MR) is 100 cm³/mol. The number of amides is 1. The topological polar surface area (TPSA) is 88.7 Å². The Morgan fingerprint density at radius 1 is 1.24 bits per heavy atom. The lowest BCUT2D eigenvalue weighted by Gasteiger charge is -2.17. The van der Waals surface area contributed by atoms with Crippen LogP contribution in [0.5, 0.6) is 5.75 Å². The molecule has 25 heavy (non-hydrogen) atoms. The van der Waals surface area contributed by atoms with E-state index in [0.29, 0.717) is 25.5 Å². The van der Waals surface area contributed by atoms with Crippen LogP contribution < -0.4 is 21.1 Å². The number of carbonyl (C=O) groups excluding carboxylic acids is 1. The minimum Gasteiger partial charge on any atom is -0.492 e. The third-order valence-electron chi connectivity index (χ3n) is 3.94. The molecule has 0 unspecified atom stereocenters. The molecule has 0 aliphatic carbocycles. The van der Waals surface area contributed by atoms with E-state index in [1.165, 1.54) is 5.56 Å². The third kappa shape index (κ3) is 4.73. The molecule has 1 amide bonds. The zero-order valence-electron chi connectivity index (χ0n) is 14.2. The summed E-state index contributed by atoms with van der Waals surface area (Å²) < 4.78 is 5.71. The number of guanidine groups is 1. The summed E-state index contributed by atoms with van der Waals surface area (Å²) in [6.07, 6.45) is 1.26. The van der Waals surface area contributed by atoms with Crippen molar-refractivity contribution < 1.29 is 9.53 Å². The molecular weight excluding hydrogens is 316 g/mol. The van der Waals surface area contributed by atoms with E-state index in [4.69, 9.17) is 10.5 Å². The van der Waals surface area contributed by atoms with Crippen LogP contribution in [0.2, 0.25) is 0 Å². The molecule has 0 atom stereocenters. The molecule has 0 aromatic heterocycles. The zero-order valence-corrected chi connectivity index (χ0v) is 14.2. The van der Waals surface area contributed by atoms with Gasteiger partial charge in [-0.15, -0.1) is 0 Å². The van der Waals surface area contributed by atoms with Crippen LogP contribution in [-0.2, 0) is 11.2 Å². The number of nitrogens with two attached hydrogens (primary N) is 1. The number of carbonyl (C=O) groups is 1. The van der Waals surface area contributed by atoms with Crippen LogP contribution in [-0.4, -0.2) is 25.0 Å². The maximum atomic E-state index is 11.4. The summed E-state index contributed by atoms with van der Waals surface area (Å²) >= 11 is 0. The Hall–Kier alpha value is -3.02. The number of rotatable bonds is 5. The van der Waals surface area contributed by atoms with Crippen molar-refractivity contribution in [3.8, 4) is 5.75 Å². The molecule has 2 aromatic carbocycles. The molecule has 0 radical (unpaired) electrons. The molecule has 1 heterocycles. The lowest BCUT2D eigenvalue weighted by molar-refractivity contribution is -0.116. The van der Waals surface area contributed by atoms with E-state index >= 15 is 0 Å². The monoisotopic (exact) mass is 338 g/mol. The number of nitrogens with one attached hydrogen (secondary N) is 2. The number of benzene rings is 2. The van der Waals surface area contributed by atoms with Crippen molar-refractivity contribution in [1.29, 1.82) is 0 Å². The number of hydrogen-bond acceptors (Lipinski definition) is 3. The lowest BCUT2D eigenvalue weighted by Crippen LogP contribution is -2.23. The van der Waals surface area contributed by atoms with E-state index in [2.05, 4.69) is 15.6 Å². The van der Waals surface area contributed by atoms with Gasteiger partial charge >= 0.3 is 0 Å². The molecule has 0 spiro atoms. The highest BCUT2D eigenvalue weighted by Crippen LogP contribution is 2.26. The number of ether oxygens (including phenoxy) is 1. The molecule has 0 bridgehead atoms. The Morgan fingerprint density at radius 3 is 2.84 bits per heavy atom. The molecule has 6 nitrogen and oxygen atoms in total. The second-order valence-electron chi connectivity index (χ2n) is 5.97. The molecule has 2 aromatic rings. The fourth-order valence-electron chi connectivity index (χ4n) is 2.60. The van der Waals surface area contributed by atoms with Gasteiger partial charge in [-0.05, 0) is 49.2 Å². The van der Waals surface area contributed by atoms with Crippen LogP contribution in [0.4, 0.5) is 11.4 Å². The highest BCUT2D eigenvalue weighted by molar-refractivity contribution is 5.94. The largest absolute Gasteiger partial charge is 0.492 e. The van der Waals surface area contributed by atoms with Crippen molar-refractivity contribution in [2.45, 2.75) is 19.8 Å². The second kappa shape index (κ2) is 7.70. The molecule has 6 heteroatoms. The van der Waals surface area contributed by atoms with Gasteiger partial charge in [-0.3, -0.25) is 4.79 Å². The highest BCUT2D eigenvalue weighted by atomic mass is 16.5. The quantitative estimate of drug-likeness (QED) is 0.444. The summed E-state index contributed by atoms with van der Waals surface area (Å²) in [4.78, 5) is 15.6. The van der Waals surface area contributed by atoms with Crippen LogP contribution in [0.15, 0.2) is 47.5 Å². The number of fused-ring (bicyclic) bond motifs is 1. The van der Waals surface area contributed by atoms with E-state index < -0.39 is 0 Å². The average molecular weight is 338 g/mol. The Morgan fingerprint density at radius 2 is 2.04 bits per heavy atom. The van der Waals surface area contributed by atoms with Gasteiger partial charge in [-0.2, -0.15) is 0 Å².